The molecule has 0 bridgehead atoms. The number of carbonyl (C=O) groups is 2. The molecule has 1 atom stereocenters. The van der Waals surface area contributed by atoms with E-state index in [1.807, 2.05) is 0 Å². The summed E-state index contributed by atoms with van der Waals surface area (Å²) in [6.45, 7) is 1.71. The molecule has 0 amide bonds. The number of carboxylic acid groups (broad SMARTS) is 1. The van der Waals surface area contributed by atoms with Gasteiger partial charge >= 0.3 is 5.97 Å². The number of hydrogen-bond acceptors (Lipinski definition) is 7. The standard InChI is InChI=1S/C28H24N2O6S/c1-18-14-22(20-7-5-19(17-31)6-8-20)15-25(28(32)33)26(18)30-27(21-4-3-13-29-16-21)37(34,35)24-11-9-23(36-2)10-12-24/h3-17,27,30H,1-2H3,(H,32,33). The third-order valence-electron chi connectivity index (χ3n) is 5.91. The van der Waals surface area contributed by atoms with E-state index in [1.165, 1.54) is 37.7 Å². The summed E-state index contributed by atoms with van der Waals surface area (Å²) in [5.41, 5.74) is 2.81. The lowest BCUT2D eigenvalue weighted by molar-refractivity contribution is 0.0697. The monoisotopic (exact) mass is 516 g/mol. The Bertz CT molecular complexity index is 1530. The largest absolute Gasteiger partial charge is 0.497 e. The summed E-state index contributed by atoms with van der Waals surface area (Å²) >= 11 is 0. The SMILES string of the molecule is COc1ccc(S(=O)(=O)C(Nc2c(C)cc(-c3ccc(C=O)cc3)cc2C(=O)O)c2cccnc2)cc1. The van der Waals surface area contributed by atoms with E-state index < -0.39 is 21.2 Å². The van der Waals surface area contributed by atoms with Crippen LogP contribution in [0, 0.1) is 6.92 Å². The Morgan fingerprint density at radius 3 is 2.30 bits per heavy atom. The highest BCUT2D eigenvalue weighted by atomic mass is 32.2. The van der Waals surface area contributed by atoms with Crippen molar-refractivity contribution in [1.82, 2.24) is 4.98 Å². The molecule has 0 saturated heterocycles. The summed E-state index contributed by atoms with van der Waals surface area (Å²) in [5, 5.41) is 11.7. The quantitative estimate of drug-likeness (QED) is 0.293. The lowest BCUT2D eigenvalue weighted by Gasteiger charge is -2.23. The third-order valence-corrected chi connectivity index (χ3v) is 7.85. The first kappa shape index (κ1) is 25.6. The van der Waals surface area contributed by atoms with E-state index in [9.17, 15) is 23.1 Å². The van der Waals surface area contributed by atoms with Gasteiger partial charge in [0.05, 0.1) is 23.3 Å². The molecule has 9 heteroatoms. The van der Waals surface area contributed by atoms with Crippen LogP contribution in [0.15, 0.2) is 90.1 Å². The molecule has 1 heterocycles. The second-order valence-corrected chi connectivity index (χ2v) is 10.3. The normalized spacial score (nSPS) is 11.9. The predicted octanol–water partition coefficient (Wildman–Crippen LogP) is 5.16. The maximum atomic E-state index is 13.8. The highest BCUT2D eigenvalue weighted by molar-refractivity contribution is 7.91. The highest BCUT2D eigenvalue weighted by Gasteiger charge is 2.31. The van der Waals surface area contributed by atoms with Crippen molar-refractivity contribution in [3.05, 3.63) is 107 Å². The van der Waals surface area contributed by atoms with E-state index in [4.69, 9.17) is 4.74 Å². The molecule has 37 heavy (non-hydrogen) atoms. The van der Waals surface area contributed by atoms with Crippen molar-refractivity contribution < 1.29 is 27.9 Å². The van der Waals surface area contributed by atoms with Crippen molar-refractivity contribution in [3.63, 3.8) is 0 Å². The van der Waals surface area contributed by atoms with Gasteiger partial charge in [-0.2, -0.15) is 0 Å². The Labute approximate surface area is 214 Å². The van der Waals surface area contributed by atoms with Gasteiger partial charge in [0.2, 0.25) is 9.84 Å². The second kappa shape index (κ2) is 10.6. The van der Waals surface area contributed by atoms with Crippen LogP contribution in [0.1, 0.15) is 37.2 Å². The van der Waals surface area contributed by atoms with Gasteiger partial charge in [-0.1, -0.05) is 30.3 Å². The Hall–Kier alpha value is -4.50. The average molecular weight is 517 g/mol. The predicted molar refractivity (Wildman–Crippen MR) is 140 cm³/mol. The number of ether oxygens (including phenoxy) is 1. The molecule has 0 aliphatic heterocycles. The fourth-order valence-corrected chi connectivity index (χ4v) is 5.53. The van der Waals surface area contributed by atoms with Gasteiger partial charge in [-0.15, -0.1) is 0 Å². The molecule has 0 spiro atoms. The van der Waals surface area contributed by atoms with Crippen LogP contribution in [0.3, 0.4) is 0 Å². The van der Waals surface area contributed by atoms with Crippen LogP contribution >= 0.6 is 0 Å². The molecular formula is C28H24N2O6S. The minimum atomic E-state index is -4.04. The van der Waals surface area contributed by atoms with E-state index in [-0.39, 0.29) is 16.1 Å². The number of aromatic carboxylic acids is 1. The van der Waals surface area contributed by atoms with Gasteiger partial charge in [0.1, 0.15) is 12.0 Å². The average Bonchev–Trinajstić information content (AvgIpc) is 2.92. The number of carboxylic acids is 1. The Morgan fingerprint density at radius 2 is 1.73 bits per heavy atom. The summed E-state index contributed by atoms with van der Waals surface area (Å²) in [6, 6.07) is 19.2. The van der Waals surface area contributed by atoms with E-state index in [0.29, 0.717) is 28.0 Å². The number of rotatable bonds is 9. The number of pyridine rings is 1. The maximum absolute atomic E-state index is 13.8. The number of nitrogens with zero attached hydrogens (tertiary/aromatic N) is 1. The van der Waals surface area contributed by atoms with Gasteiger partial charge in [0.15, 0.2) is 5.37 Å². The molecule has 4 rings (SSSR count). The van der Waals surface area contributed by atoms with Gasteiger partial charge in [0, 0.05) is 23.5 Å². The van der Waals surface area contributed by atoms with Crippen LogP contribution in [-0.4, -0.2) is 37.9 Å². The lowest BCUT2D eigenvalue weighted by atomic mass is 9.97. The number of nitrogens with one attached hydrogen (secondary N) is 1. The van der Waals surface area contributed by atoms with Crippen LogP contribution in [0.4, 0.5) is 5.69 Å². The summed E-state index contributed by atoms with van der Waals surface area (Å²) < 4.78 is 32.7. The van der Waals surface area contributed by atoms with Gasteiger partial charge < -0.3 is 15.2 Å². The Balaban J connectivity index is 1.82. The van der Waals surface area contributed by atoms with E-state index in [1.54, 1.807) is 61.5 Å². The van der Waals surface area contributed by atoms with Crippen molar-refractivity contribution in [3.8, 4) is 16.9 Å². The first-order chi connectivity index (χ1) is 17.7. The number of sulfone groups is 1. The summed E-state index contributed by atoms with van der Waals surface area (Å²) in [6.07, 6.45) is 3.68. The van der Waals surface area contributed by atoms with E-state index >= 15 is 0 Å². The molecule has 1 aromatic heterocycles. The summed E-state index contributed by atoms with van der Waals surface area (Å²) in [4.78, 5) is 27.4. The first-order valence-corrected chi connectivity index (χ1v) is 12.8. The van der Waals surface area contributed by atoms with Crippen molar-refractivity contribution in [2.45, 2.75) is 17.2 Å². The van der Waals surface area contributed by atoms with Crippen LogP contribution in [0.5, 0.6) is 5.75 Å². The van der Waals surface area contributed by atoms with Crippen LogP contribution in [0.2, 0.25) is 0 Å². The molecule has 1 unspecified atom stereocenters. The number of aldehydes is 1. The number of aryl methyl sites for hydroxylation is 1. The number of hydrogen-bond donors (Lipinski definition) is 2. The van der Waals surface area contributed by atoms with Gasteiger partial charge in [-0.3, -0.25) is 9.78 Å². The minimum absolute atomic E-state index is 0.0380. The van der Waals surface area contributed by atoms with Crippen molar-refractivity contribution >= 4 is 27.8 Å². The fraction of sp³-hybridized carbons (Fsp3) is 0.107. The van der Waals surface area contributed by atoms with Crippen molar-refractivity contribution in [1.29, 1.82) is 0 Å². The highest BCUT2D eigenvalue weighted by Crippen LogP contribution is 2.35. The number of anilines is 1. The van der Waals surface area contributed by atoms with Gasteiger partial charge in [-0.05, 0) is 66.1 Å². The molecule has 8 nitrogen and oxygen atoms in total. The molecule has 0 fully saturated rings. The zero-order valence-electron chi connectivity index (χ0n) is 20.1. The maximum Gasteiger partial charge on any atom is 0.337 e. The molecule has 3 aromatic carbocycles. The van der Waals surface area contributed by atoms with Crippen LogP contribution < -0.4 is 10.1 Å². The summed E-state index contributed by atoms with van der Waals surface area (Å²) in [7, 11) is -2.55. The second-order valence-electron chi connectivity index (χ2n) is 8.29. The Morgan fingerprint density at radius 1 is 1.03 bits per heavy atom. The molecule has 0 aliphatic rings. The topological polar surface area (TPSA) is 123 Å². The van der Waals surface area contributed by atoms with E-state index in [0.717, 1.165) is 11.8 Å². The molecule has 0 radical (unpaired) electrons. The van der Waals surface area contributed by atoms with Crippen molar-refractivity contribution in [2.24, 2.45) is 0 Å². The number of benzene rings is 3. The molecule has 4 aromatic rings. The first-order valence-electron chi connectivity index (χ1n) is 11.2. The molecular weight excluding hydrogens is 492 g/mol. The van der Waals surface area contributed by atoms with Gasteiger partial charge in [-0.25, -0.2) is 13.2 Å². The van der Waals surface area contributed by atoms with Crippen LogP contribution in [-0.2, 0) is 9.84 Å². The van der Waals surface area contributed by atoms with E-state index in [2.05, 4.69) is 10.3 Å². The zero-order valence-corrected chi connectivity index (χ0v) is 20.9. The number of carbonyl (C=O) groups excluding carboxylic acids is 1. The van der Waals surface area contributed by atoms with Gasteiger partial charge in [0.25, 0.3) is 0 Å². The summed E-state index contributed by atoms with van der Waals surface area (Å²) in [5.74, 6) is -0.714. The third kappa shape index (κ3) is 5.36. The fourth-order valence-electron chi connectivity index (χ4n) is 3.97. The molecule has 188 valence electrons. The number of methoxy groups -OCH3 is 1. The molecule has 2 N–H and O–H groups in total. The Kier molecular flexibility index (Phi) is 7.35. The van der Waals surface area contributed by atoms with Crippen LogP contribution in [0.25, 0.3) is 11.1 Å². The molecule has 0 saturated carbocycles. The smallest absolute Gasteiger partial charge is 0.337 e. The van der Waals surface area contributed by atoms with Crippen molar-refractivity contribution in [2.75, 3.05) is 12.4 Å². The molecule has 0 aliphatic carbocycles. The number of aromatic nitrogens is 1. The minimum Gasteiger partial charge on any atom is -0.497 e. The zero-order chi connectivity index (χ0) is 26.6. The lowest BCUT2D eigenvalue weighted by Crippen LogP contribution is -2.23.